The lowest BCUT2D eigenvalue weighted by atomic mass is 9.88. The van der Waals surface area contributed by atoms with Crippen molar-refractivity contribution in [3.8, 4) is 0 Å². The Balaban J connectivity index is 2.84. The average molecular weight is 277 g/mol. The highest BCUT2D eigenvalue weighted by atomic mass is 16.6. The molecule has 0 aromatic heterocycles. The summed E-state index contributed by atoms with van der Waals surface area (Å²) < 4.78 is 20.8. The molecule has 114 valence electrons. The van der Waals surface area contributed by atoms with Crippen molar-refractivity contribution >= 4 is 0 Å². The number of ether oxygens (including phenoxy) is 4. The van der Waals surface area contributed by atoms with Gasteiger partial charge in [-0.25, -0.2) is 0 Å². The highest BCUT2D eigenvalue weighted by Crippen LogP contribution is 2.34. The highest BCUT2D eigenvalue weighted by Gasteiger charge is 2.47. The third kappa shape index (κ3) is 4.11. The van der Waals surface area contributed by atoms with Gasteiger partial charge in [0.1, 0.15) is 25.2 Å². The second kappa shape index (κ2) is 8.14. The van der Waals surface area contributed by atoms with Gasteiger partial charge in [-0.15, -0.1) is 0 Å². The van der Waals surface area contributed by atoms with Gasteiger partial charge in [-0.05, 0) is 0 Å². The number of rotatable bonds is 9. The zero-order chi connectivity index (χ0) is 14.2. The molecular formula is C13H27NO5. The fraction of sp³-hybridized carbons (Fsp3) is 1.00. The maximum absolute atomic E-state index is 13.2. The Bertz CT molecular complexity index is 243. The molecule has 1 aliphatic rings. The van der Waals surface area contributed by atoms with Crippen molar-refractivity contribution in [2.45, 2.75) is 18.4 Å². The lowest BCUT2D eigenvalue weighted by Gasteiger charge is -2.59. The number of quaternary nitrogens is 1. The van der Waals surface area contributed by atoms with Crippen LogP contribution in [-0.4, -0.2) is 77.6 Å². The van der Waals surface area contributed by atoms with Crippen LogP contribution < -0.4 is 0 Å². The maximum atomic E-state index is 13.2. The highest BCUT2D eigenvalue weighted by molar-refractivity contribution is 4.85. The molecule has 0 aliphatic carbocycles. The summed E-state index contributed by atoms with van der Waals surface area (Å²) in [5.41, 5.74) is -0.483. The van der Waals surface area contributed by atoms with Crippen LogP contribution in [0.5, 0.6) is 0 Å². The van der Waals surface area contributed by atoms with Crippen molar-refractivity contribution in [2.24, 2.45) is 0 Å². The van der Waals surface area contributed by atoms with E-state index in [-0.39, 0.29) is 4.65 Å². The summed E-state index contributed by atoms with van der Waals surface area (Å²) in [5.74, 6) is 0. The molecule has 19 heavy (non-hydrogen) atoms. The van der Waals surface area contributed by atoms with Crippen LogP contribution in [0.4, 0.5) is 0 Å². The Kier molecular flexibility index (Phi) is 7.20. The molecule has 1 atom stereocenters. The van der Waals surface area contributed by atoms with Gasteiger partial charge in [-0.1, -0.05) is 0 Å². The van der Waals surface area contributed by atoms with Crippen molar-refractivity contribution < 1.29 is 23.6 Å². The minimum Gasteiger partial charge on any atom is -0.632 e. The number of methoxy groups -OCH3 is 3. The van der Waals surface area contributed by atoms with E-state index in [0.29, 0.717) is 59.0 Å². The average Bonchev–Trinajstić information content (AvgIpc) is 2.43. The zero-order valence-electron chi connectivity index (χ0n) is 12.4. The minimum atomic E-state index is -0.483. The van der Waals surface area contributed by atoms with Gasteiger partial charge in [0.2, 0.25) is 0 Å². The van der Waals surface area contributed by atoms with Gasteiger partial charge in [-0.2, -0.15) is 0 Å². The van der Waals surface area contributed by atoms with Gasteiger partial charge >= 0.3 is 0 Å². The maximum Gasteiger partial charge on any atom is 0.127 e. The standard InChI is InChI=1S/C13H27NO5/c1-16-8-4-13(5-9-17-2)12-19-11-7-14(13,15)6-10-18-3/h4-12H2,1-3H3. The van der Waals surface area contributed by atoms with E-state index in [2.05, 4.69) is 0 Å². The fourth-order valence-corrected chi connectivity index (χ4v) is 2.68. The molecule has 0 radical (unpaired) electrons. The van der Waals surface area contributed by atoms with Gasteiger partial charge in [0.15, 0.2) is 0 Å². The summed E-state index contributed by atoms with van der Waals surface area (Å²) in [6.07, 6.45) is 1.36. The van der Waals surface area contributed by atoms with Crippen LogP contribution >= 0.6 is 0 Å². The van der Waals surface area contributed by atoms with Crippen LogP contribution in [0.25, 0.3) is 0 Å². The van der Waals surface area contributed by atoms with E-state index >= 15 is 0 Å². The largest absolute Gasteiger partial charge is 0.632 e. The molecule has 6 heteroatoms. The lowest BCUT2D eigenvalue weighted by Crippen LogP contribution is -2.68. The molecule has 1 unspecified atom stereocenters. The van der Waals surface area contributed by atoms with Gasteiger partial charge in [0.25, 0.3) is 0 Å². The topological polar surface area (TPSA) is 60.0 Å². The number of nitrogens with zero attached hydrogens (tertiary/aromatic N) is 1. The number of hydrogen-bond donors (Lipinski definition) is 0. The summed E-state index contributed by atoms with van der Waals surface area (Å²) in [5, 5.41) is 13.2. The van der Waals surface area contributed by atoms with Gasteiger partial charge < -0.3 is 28.8 Å². The summed E-state index contributed by atoms with van der Waals surface area (Å²) in [6, 6.07) is 0. The summed E-state index contributed by atoms with van der Waals surface area (Å²) in [4.78, 5) is 0. The van der Waals surface area contributed by atoms with Crippen molar-refractivity contribution in [1.82, 2.24) is 0 Å². The Morgan fingerprint density at radius 2 is 1.63 bits per heavy atom. The van der Waals surface area contributed by atoms with Crippen molar-refractivity contribution in [3.05, 3.63) is 5.21 Å². The smallest absolute Gasteiger partial charge is 0.127 e. The number of morpholine rings is 1. The SMILES string of the molecule is COCCC1(CCOC)COCC[N+]1([O-])CCOC. The molecule has 1 heterocycles. The molecule has 1 fully saturated rings. The van der Waals surface area contributed by atoms with Crippen molar-refractivity contribution in [3.63, 3.8) is 0 Å². The van der Waals surface area contributed by atoms with Crippen LogP contribution in [-0.2, 0) is 18.9 Å². The molecule has 0 bridgehead atoms. The normalized spacial score (nSPS) is 26.5. The van der Waals surface area contributed by atoms with E-state index < -0.39 is 5.54 Å². The molecule has 0 N–H and O–H groups in total. The fourth-order valence-electron chi connectivity index (χ4n) is 2.68. The van der Waals surface area contributed by atoms with Crippen LogP contribution in [0.3, 0.4) is 0 Å². The lowest BCUT2D eigenvalue weighted by molar-refractivity contribution is -0.942. The molecule has 6 nitrogen and oxygen atoms in total. The molecule has 0 aromatic rings. The van der Waals surface area contributed by atoms with E-state index in [0.717, 1.165) is 0 Å². The predicted molar refractivity (Wildman–Crippen MR) is 71.8 cm³/mol. The Labute approximate surface area is 115 Å². The second-order valence-corrected chi connectivity index (χ2v) is 5.09. The molecule has 1 saturated heterocycles. The summed E-state index contributed by atoms with van der Waals surface area (Å²) >= 11 is 0. The van der Waals surface area contributed by atoms with E-state index in [4.69, 9.17) is 18.9 Å². The third-order valence-electron chi connectivity index (χ3n) is 4.03. The van der Waals surface area contributed by atoms with E-state index in [1.54, 1.807) is 21.3 Å². The third-order valence-corrected chi connectivity index (χ3v) is 4.03. The molecule has 1 aliphatic heterocycles. The van der Waals surface area contributed by atoms with Crippen molar-refractivity contribution in [1.29, 1.82) is 0 Å². The predicted octanol–water partition coefficient (Wildman–Crippen LogP) is 0.789. The number of hydrogen-bond acceptors (Lipinski definition) is 5. The van der Waals surface area contributed by atoms with Gasteiger partial charge in [0.05, 0.1) is 26.4 Å². The first-order chi connectivity index (χ1) is 9.14. The first-order valence-corrected chi connectivity index (χ1v) is 6.77. The Morgan fingerprint density at radius 3 is 2.16 bits per heavy atom. The van der Waals surface area contributed by atoms with Crippen LogP contribution in [0.15, 0.2) is 0 Å². The quantitative estimate of drug-likeness (QED) is 0.460. The van der Waals surface area contributed by atoms with Crippen LogP contribution in [0, 0.1) is 5.21 Å². The first-order valence-electron chi connectivity index (χ1n) is 6.77. The first kappa shape index (κ1) is 16.8. The second-order valence-electron chi connectivity index (χ2n) is 5.09. The molecule has 0 spiro atoms. The monoisotopic (exact) mass is 277 g/mol. The van der Waals surface area contributed by atoms with Gasteiger partial charge in [0, 0.05) is 34.2 Å². The van der Waals surface area contributed by atoms with E-state index in [9.17, 15) is 5.21 Å². The minimum absolute atomic E-state index is 0.270. The molecule has 0 saturated carbocycles. The molecule has 0 amide bonds. The van der Waals surface area contributed by atoms with Crippen LogP contribution in [0.1, 0.15) is 12.8 Å². The number of hydroxylamine groups is 3. The molecular weight excluding hydrogens is 250 g/mol. The molecule has 1 rings (SSSR count). The van der Waals surface area contributed by atoms with E-state index in [1.165, 1.54) is 0 Å². The molecule has 0 aromatic carbocycles. The Hall–Kier alpha value is -0.240. The van der Waals surface area contributed by atoms with Crippen LogP contribution in [0.2, 0.25) is 0 Å². The summed E-state index contributed by atoms with van der Waals surface area (Å²) in [6.45, 7) is 3.47. The zero-order valence-corrected chi connectivity index (χ0v) is 12.4. The summed E-state index contributed by atoms with van der Waals surface area (Å²) in [7, 11) is 4.93. The van der Waals surface area contributed by atoms with Crippen molar-refractivity contribution in [2.75, 3.05) is 67.5 Å². The van der Waals surface area contributed by atoms with E-state index in [1.807, 2.05) is 0 Å². The van der Waals surface area contributed by atoms with Gasteiger partial charge in [-0.3, -0.25) is 0 Å². The Morgan fingerprint density at radius 1 is 1.05 bits per heavy atom.